The summed E-state index contributed by atoms with van der Waals surface area (Å²) in [6.45, 7) is 8.47. The summed E-state index contributed by atoms with van der Waals surface area (Å²) in [5.74, 6) is 0.411. The maximum absolute atomic E-state index is 10.9. The summed E-state index contributed by atoms with van der Waals surface area (Å²) in [6.07, 6.45) is 7.69. The molecule has 1 atom stereocenters. The first-order chi connectivity index (χ1) is 7.10. The van der Waals surface area contributed by atoms with E-state index in [9.17, 15) is 4.79 Å². The summed E-state index contributed by atoms with van der Waals surface area (Å²) >= 11 is 0. The van der Waals surface area contributed by atoms with Crippen molar-refractivity contribution in [3.8, 4) is 0 Å². The van der Waals surface area contributed by atoms with Crippen molar-refractivity contribution in [2.75, 3.05) is 6.61 Å². The molecular formula is C13H22O2. The SMILES string of the molecule is C/C=C/C(C)C/C(C)=C/COC(=O)CC. The predicted molar refractivity (Wildman–Crippen MR) is 63.6 cm³/mol. The minimum atomic E-state index is -0.138. The summed E-state index contributed by atoms with van der Waals surface area (Å²) in [7, 11) is 0. The van der Waals surface area contributed by atoms with Crippen LogP contribution in [0.1, 0.15) is 40.5 Å². The Bertz CT molecular complexity index is 239. The van der Waals surface area contributed by atoms with E-state index in [4.69, 9.17) is 4.74 Å². The second-order valence-corrected chi connectivity index (χ2v) is 3.79. The van der Waals surface area contributed by atoms with Crippen molar-refractivity contribution in [3.63, 3.8) is 0 Å². The molecule has 0 aromatic heterocycles. The monoisotopic (exact) mass is 210 g/mol. The van der Waals surface area contributed by atoms with Crippen molar-refractivity contribution in [1.82, 2.24) is 0 Å². The standard InChI is InChI=1S/C13H22O2/c1-5-7-11(3)10-12(4)8-9-15-13(14)6-2/h5,7-8,11H,6,9-10H2,1-4H3/b7-5+,12-8+. The van der Waals surface area contributed by atoms with Crippen molar-refractivity contribution < 1.29 is 9.53 Å². The van der Waals surface area contributed by atoms with Crippen LogP contribution in [-0.4, -0.2) is 12.6 Å². The zero-order valence-electron chi connectivity index (χ0n) is 10.2. The van der Waals surface area contributed by atoms with Gasteiger partial charge < -0.3 is 4.74 Å². The van der Waals surface area contributed by atoms with Crippen LogP contribution in [0.25, 0.3) is 0 Å². The van der Waals surface area contributed by atoms with E-state index in [1.165, 1.54) is 5.57 Å². The largest absolute Gasteiger partial charge is 0.461 e. The molecule has 0 aliphatic rings. The lowest BCUT2D eigenvalue weighted by Gasteiger charge is -2.06. The molecule has 0 rings (SSSR count). The number of rotatable bonds is 6. The molecule has 0 radical (unpaired) electrons. The first-order valence-electron chi connectivity index (χ1n) is 5.54. The van der Waals surface area contributed by atoms with Gasteiger partial charge in [-0.1, -0.05) is 31.6 Å². The van der Waals surface area contributed by atoms with Crippen LogP contribution in [0.5, 0.6) is 0 Å². The summed E-state index contributed by atoms with van der Waals surface area (Å²) in [5.41, 5.74) is 1.27. The van der Waals surface area contributed by atoms with Gasteiger partial charge in [0.1, 0.15) is 6.61 Å². The summed E-state index contributed by atoms with van der Waals surface area (Å²) in [4.78, 5) is 10.9. The van der Waals surface area contributed by atoms with Gasteiger partial charge in [-0.15, -0.1) is 0 Å². The van der Waals surface area contributed by atoms with Crippen LogP contribution in [0.15, 0.2) is 23.8 Å². The minimum Gasteiger partial charge on any atom is -0.461 e. The average molecular weight is 210 g/mol. The molecule has 0 aromatic rings. The minimum absolute atomic E-state index is 0.138. The van der Waals surface area contributed by atoms with E-state index in [0.29, 0.717) is 18.9 Å². The Morgan fingerprint density at radius 1 is 1.47 bits per heavy atom. The number of carbonyl (C=O) groups excluding carboxylic acids is 1. The molecule has 15 heavy (non-hydrogen) atoms. The Hall–Kier alpha value is -1.05. The maximum atomic E-state index is 10.9. The lowest BCUT2D eigenvalue weighted by atomic mass is 10.0. The van der Waals surface area contributed by atoms with Crippen molar-refractivity contribution >= 4 is 5.97 Å². The van der Waals surface area contributed by atoms with Gasteiger partial charge in [0, 0.05) is 6.42 Å². The molecule has 0 amide bonds. The van der Waals surface area contributed by atoms with Crippen LogP contribution < -0.4 is 0 Å². The molecule has 86 valence electrons. The van der Waals surface area contributed by atoms with E-state index in [1.54, 1.807) is 6.92 Å². The summed E-state index contributed by atoms with van der Waals surface area (Å²) < 4.78 is 4.97. The van der Waals surface area contributed by atoms with Crippen LogP contribution in [0.3, 0.4) is 0 Å². The lowest BCUT2D eigenvalue weighted by Crippen LogP contribution is -2.02. The number of ether oxygens (including phenoxy) is 1. The second kappa shape index (κ2) is 8.27. The Balaban J connectivity index is 3.83. The molecule has 0 bridgehead atoms. The molecule has 0 spiro atoms. The van der Waals surface area contributed by atoms with Gasteiger partial charge in [0.15, 0.2) is 0 Å². The molecule has 0 aliphatic carbocycles. The second-order valence-electron chi connectivity index (χ2n) is 3.79. The number of hydrogen-bond acceptors (Lipinski definition) is 2. The van der Waals surface area contributed by atoms with E-state index >= 15 is 0 Å². The fraction of sp³-hybridized carbons (Fsp3) is 0.615. The maximum Gasteiger partial charge on any atom is 0.305 e. The Labute approximate surface area is 93.0 Å². The van der Waals surface area contributed by atoms with Gasteiger partial charge in [0.2, 0.25) is 0 Å². The quantitative estimate of drug-likeness (QED) is 0.495. The molecule has 0 aromatic carbocycles. The van der Waals surface area contributed by atoms with Gasteiger partial charge in [0.05, 0.1) is 0 Å². The van der Waals surface area contributed by atoms with Gasteiger partial charge in [-0.2, -0.15) is 0 Å². The zero-order valence-corrected chi connectivity index (χ0v) is 10.2. The van der Waals surface area contributed by atoms with Crippen LogP contribution in [-0.2, 0) is 9.53 Å². The number of hydrogen-bond donors (Lipinski definition) is 0. The summed E-state index contributed by atoms with van der Waals surface area (Å²) in [5, 5.41) is 0. The molecular weight excluding hydrogens is 188 g/mol. The number of esters is 1. The molecule has 0 fully saturated rings. The van der Waals surface area contributed by atoms with E-state index < -0.39 is 0 Å². The van der Waals surface area contributed by atoms with E-state index in [2.05, 4.69) is 26.0 Å². The molecule has 2 nitrogen and oxygen atoms in total. The highest BCUT2D eigenvalue weighted by atomic mass is 16.5. The van der Waals surface area contributed by atoms with Crippen LogP contribution >= 0.6 is 0 Å². The highest BCUT2D eigenvalue weighted by Gasteiger charge is 1.99. The fourth-order valence-corrected chi connectivity index (χ4v) is 1.37. The van der Waals surface area contributed by atoms with E-state index in [0.717, 1.165) is 6.42 Å². The van der Waals surface area contributed by atoms with Crippen molar-refractivity contribution in [3.05, 3.63) is 23.8 Å². The Morgan fingerprint density at radius 2 is 2.13 bits per heavy atom. The van der Waals surface area contributed by atoms with Crippen LogP contribution in [0.2, 0.25) is 0 Å². The van der Waals surface area contributed by atoms with E-state index in [-0.39, 0.29) is 5.97 Å². The first kappa shape index (κ1) is 13.9. The van der Waals surface area contributed by atoms with E-state index in [1.807, 2.05) is 13.0 Å². The lowest BCUT2D eigenvalue weighted by molar-refractivity contribution is -0.141. The topological polar surface area (TPSA) is 26.3 Å². The average Bonchev–Trinajstić information content (AvgIpc) is 2.17. The third kappa shape index (κ3) is 7.98. The van der Waals surface area contributed by atoms with Crippen LogP contribution in [0.4, 0.5) is 0 Å². The van der Waals surface area contributed by atoms with Crippen molar-refractivity contribution in [2.24, 2.45) is 5.92 Å². The van der Waals surface area contributed by atoms with Crippen molar-refractivity contribution in [2.45, 2.75) is 40.5 Å². The van der Waals surface area contributed by atoms with Gasteiger partial charge in [-0.3, -0.25) is 4.79 Å². The summed E-state index contributed by atoms with van der Waals surface area (Å²) in [6, 6.07) is 0. The zero-order chi connectivity index (χ0) is 11.7. The number of allylic oxidation sites excluding steroid dienone is 3. The van der Waals surface area contributed by atoms with Crippen molar-refractivity contribution in [1.29, 1.82) is 0 Å². The third-order valence-electron chi connectivity index (χ3n) is 2.13. The smallest absolute Gasteiger partial charge is 0.305 e. The highest BCUT2D eigenvalue weighted by molar-refractivity contribution is 5.68. The number of carbonyl (C=O) groups is 1. The van der Waals surface area contributed by atoms with Gasteiger partial charge in [-0.05, 0) is 32.3 Å². The molecule has 0 saturated carbocycles. The Morgan fingerprint density at radius 3 is 2.67 bits per heavy atom. The molecule has 0 heterocycles. The first-order valence-corrected chi connectivity index (χ1v) is 5.54. The van der Waals surface area contributed by atoms with Gasteiger partial charge >= 0.3 is 5.97 Å². The predicted octanol–water partition coefficient (Wildman–Crippen LogP) is 3.49. The molecule has 0 saturated heterocycles. The Kier molecular flexibility index (Phi) is 7.69. The van der Waals surface area contributed by atoms with Gasteiger partial charge in [0.25, 0.3) is 0 Å². The fourth-order valence-electron chi connectivity index (χ4n) is 1.37. The molecule has 0 N–H and O–H groups in total. The molecule has 1 unspecified atom stereocenters. The molecule has 2 heteroatoms. The third-order valence-corrected chi connectivity index (χ3v) is 2.13. The highest BCUT2D eigenvalue weighted by Crippen LogP contribution is 2.11. The normalized spacial score (nSPS) is 14.3. The van der Waals surface area contributed by atoms with Crippen LogP contribution in [0, 0.1) is 5.92 Å². The van der Waals surface area contributed by atoms with Gasteiger partial charge in [-0.25, -0.2) is 0 Å². The molecule has 0 aliphatic heterocycles.